The van der Waals surface area contributed by atoms with Crippen LogP contribution >= 0.6 is 0 Å². The molecule has 0 N–H and O–H groups in total. The molecule has 1 nitrogen and oxygen atoms in total. The average Bonchev–Trinajstić information content (AvgIpc) is 1.69. The van der Waals surface area contributed by atoms with Crippen LogP contribution < -0.4 is 0 Å². The summed E-state index contributed by atoms with van der Waals surface area (Å²) in [6, 6.07) is 0. The van der Waals surface area contributed by atoms with Crippen molar-refractivity contribution in [1.29, 1.82) is 0 Å². The van der Waals surface area contributed by atoms with Crippen LogP contribution in [0, 0.1) is 0 Å². The summed E-state index contributed by atoms with van der Waals surface area (Å²) in [5.41, 5.74) is 0. The molecule has 0 saturated carbocycles. The van der Waals surface area contributed by atoms with Gasteiger partial charge in [0, 0.05) is 0 Å². The molecule has 0 aromatic heterocycles. The Kier molecular flexibility index (Phi) is 4.75. The van der Waals surface area contributed by atoms with E-state index in [0.29, 0.717) is 0 Å². The molecule has 1 heterocycles. The van der Waals surface area contributed by atoms with Crippen molar-refractivity contribution >= 4 is 18.9 Å². The van der Waals surface area contributed by atoms with Gasteiger partial charge in [-0.05, 0) is 33.0 Å². The van der Waals surface area contributed by atoms with Gasteiger partial charge >= 0.3 is 18.9 Å². The summed E-state index contributed by atoms with van der Waals surface area (Å²) < 4.78 is 0. The number of hydrogen-bond donors (Lipinski definition) is 0. The van der Waals surface area contributed by atoms with E-state index in [9.17, 15) is 0 Å². The van der Waals surface area contributed by atoms with E-state index in [1.165, 1.54) is 32.4 Å². The van der Waals surface area contributed by atoms with Crippen LogP contribution in [0.15, 0.2) is 0 Å². The van der Waals surface area contributed by atoms with Crippen molar-refractivity contribution in [3.63, 3.8) is 0 Å². The van der Waals surface area contributed by atoms with Crippen LogP contribution in [0.25, 0.3) is 0 Å². The third-order valence-electron chi connectivity index (χ3n) is 1.58. The summed E-state index contributed by atoms with van der Waals surface area (Å²) in [4.78, 5) is 2.39. The molecule has 8 heavy (non-hydrogen) atoms. The van der Waals surface area contributed by atoms with E-state index in [4.69, 9.17) is 0 Å². The standard InChI is InChI=1S/C6H13N.Li.H/c1-7-5-3-2-4-6-7;;/h2-6H2,1H3;;. The molecule has 0 amide bonds. The third-order valence-corrected chi connectivity index (χ3v) is 1.58. The summed E-state index contributed by atoms with van der Waals surface area (Å²) >= 11 is 0. The quantitative estimate of drug-likeness (QED) is 0.406. The summed E-state index contributed by atoms with van der Waals surface area (Å²) in [7, 11) is 2.19. The average molecular weight is 107 g/mol. The zero-order valence-electron chi connectivity index (χ0n) is 4.98. The Bertz CT molecular complexity index is 50.5. The van der Waals surface area contributed by atoms with Gasteiger partial charge in [0.15, 0.2) is 0 Å². The molecule has 1 aliphatic rings. The van der Waals surface area contributed by atoms with Crippen molar-refractivity contribution in [1.82, 2.24) is 4.90 Å². The number of hydrogen-bond acceptors (Lipinski definition) is 1. The van der Waals surface area contributed by atoms with E-state index in [-0.39, 0.29) is 18.9 Å². The number of rotatable bonds is 0. The fourth-order valence-electron chi connectivity index (χ4n) is 1.05. The predicted molar refractivity (Wildman–Crippen MR) is 38.5 cm³/mol. The molecule has 0 aromatic rings. The molecule has 0 aromatic carbocycles. The third kappa shape index (κ3) is 2.77. The van der Waals surface area contributed by atoms with E-state index < -0.39 is 0 Å². The van der Waals surface area contributed by atoms with Gasteiger partial charge in [-0.2, -0.15) is 0 Å². The zero-order chi connectivity index (χ0) is 5.11. The van der Waals surface area contributed by atoms with E-state index in [1.54, 1.807) is 0 Å². The second-order valence-corrected chi connectivity index (χ2v) is 2.36. The van der Waals surface area contributed by atoms with E-state index >= 15 is 0 Å². The maximum atomic E-state index is 2.39. The van der Waals surface area contributed by atoms with Gasteiger partial charge in [-0.15, -0.1) is 0 Å². The summed E-state index contributed by atoms with van der Waals surface area (Å²) in [6.07, 6.45) is 4.28. The van der Waals surface area contributed by atoms with Crippen LogP contribution in [0.1, 0.15) is 19.3 Å². The fourth-order valence-corrected chi connectivity index (χ4v) is 1.05. The molecule has 44 valence electrons. The Balaban J connectivity index is 0.000000490. The molecular formula is C6H14LiN. The molecule has 2 heteroatoms. The molecular weight excluding hydrogens is 93.0 g/mol. The van der Waals surface area contributed by atoms with Gasteiger partial charge < -0.3 is 4.90 Å². The van der Waals surface area contributed by atoms with Crippen LogP contribution in [0.3, 0.4) is 0 Å². The predicted octanol–water partition coefficient (Wildman–Crippen LogP) is 0.454. The maximum absolute atomic E-state index is 2.39. The molecule has 0 bridgehead atoms. The first-order valence-electron chi connectivity index (χ1n) is 3.08. The monoisotopic (exact) mass is 107 g/mol. The molecule has 0 radical (unpaired) electrons. The molecule has 0 aliphatic carbocycles. The first-order valence-corrected chi connectivity index (χ1v) is 3.08. The van der Waals surface area contributed by atoms with Crippen LogP contribution in [-0.4, -0.2) is 43.9 Å². The molecule has 0 unspecified atom stereocenters. The molecule has 0 atom stereocenters. The summed E-state index contributed by atoms with van der Waals surface area (Å²) in [5.74, 6) is 0. The van der Waals surface area contributed by atoms with Gasteiger partial charge in [-0.25, -0.2) is 0 Å². The van der Waals surface area contributed by atoms with Crippen molar-refractivity contribution in [2.24, 2.45) is 0 Å². The van der Waals surface area contributed by atoms with E-state index in [2.05, 4.69) is 11.9 Å². The second kappa shape index (κ2) is 4.44. The number of likely N-dealkylation sites (tertiary alicyclic amines) is 1. The molecule has 1 rings (SSSR count). The van der Waals surface area contributed by atoms with Crippen LogP contribution in [0.5, 0.6) is 0 Å². The van der Waals surface area contributed by atoms with Crippen LogP contribution in [0.4, 0.5) is 0 Å². The van der Waals surface area contributed by atoms with Crippen LogP contribution in [0.2, 0.25) is 0 Å². The van der Waals surface area contributed by atoms with Crippen molar-refractivity contribution in [2.75, 3.05) is 20.1 Å². The van der Waals surface area contributed by atoms with Gasteiger partial charge in [0.1, 0.15) is 0 Å². The fraction of sp³-hybridized carbons (Fsp3) is 1.00. The van der Waals surface area contributed by atoms with Gasteiger partial charge in [0.25, 0.3) is 0 Å². The minimum absolute atomic E-state index is 0. The Morgan fingerprint density at radius 2 is 1.50 bits per heavy atom. The molecule has 1 fully saturated rings. The Labute approximate surface area is 63.6 Å². The number of nitrogens with zero attached hydrogens (tertiary/aromatic N) is 1. The van der Waals surface area contributed by atoms with E-state index in [0.717, 1.165) is 0 Å². The van der Waals surface area contributed by atoms with Crippen LogP contribution in [-0.2, 0) is 0 Å². The first-order chi connectivity index (χ1) is 3.39. The molecule has 1 saturated heterocycles. The Morgan fingerprint density at radius 1 is 1.00 bits per heavy atom. The topological polar surface area (TPSA) is 3.24 Å². The second-order valence-electron chi connectivity index (χ2n) is 2.36. The van der Waals surface area contributed by atoms with Crippen molar-refractivity contribution in [3.05, 3.63) is 0 Å². The number of piperidine rings is 1. The Hall–Kier alpha value is 0.557. The Morgan fingerprint density at radius 3 is 1.75 bits per heavy atom. The zero-order valence-corrected chi connectivity index (χ0v) is 4.98. The minimum atomic E-state index is 0. The summed E-state index contributed by atoms with van der Waals surface area (Å²) in [6.45, 7) is 2.64. The summed E-state index contributed by atoms with van der Waals surface area (Å²) in [5, 5.41) is 0. The molecule has 0 spiro atoms. The van der Waals surface area contributed by atoms with E-state index in [1.807, 2.05) is 0 Å². The van der Waals surface area contributed by atoms with Gasteiger partial charge in [0.05, 0.1) is 0 Å². The normalized spacial score (nSPS) is 22.1. The van der Waals surface area contributed by atoms with Gasteiger partial charge in [-0.3, -0.25) is 0 Å². The van der Waals surface area contributed by atoms with Gasteiger partial charge in [0.2, 0.25) is 0 Å². The first kappa shape index (κ1) is 8.56. The SMILES string of the molecule is CN1CCCCC1.[LiH]. The van der Waals surface area contributed by atoms with Crippen molar-refractivity contribution < 1.29 is 0 Å². The van der Waals surface area contributed by atoms with Crippen molar-refractivity contribution in [3.8, 4) is 0 Å². The van der Waals surface area contributed by atoms with Crippen molar-refractivity contribution in [2.45, 2.75) is 19.3 Å². The van der Waals surface area contributed by atoms with Gasteiger partial charge in [-0.1, -0.05) is 6.42 Å². The molecule has 1 aliphatic heterocycles.